The van der Waals surface area contributed by atoms with Gasteiger partial charge in [0.25, 0.3) is 0 Å². The molecule has 35 heavy (non-hydrogen) atoms. The molecule has 8 heteroatoms. The zero-order chi connectivity index (χ0) is 24.4. The third-order valence-electron chi connectivity index (χ3n) is 7.59. The van der Waals surface area contributed by atoms with Gasteiger partial charge in [-0.05, 0) is 42.9 Å². The number of likely N-dealkylation sites (N-methyl/N-ethyl adjacent to an activating group) is 1. The molecule has 2 N–H and O–H groups in total. The molecular weight excluding hydrogens is 442 g/mol. The van der Waals surface area contributed by atoms with Crippen molar-refractivity contribution >= 4 is 23.7 Å². The Labute approximate surface area is 206 Å². The summed E-state index contributed by atoms with van der Waals surface area (Å²) in [6.07, 6.45) is 2.91. The van der Waals surface area contributed by atoms with Crippen molar-refractivity contribution in [2.24, 2.45) is 0 Å². The number of anilines is 1. The van der Waals surface area contributed by atoms with Crippen molar-refractivity contribution in [2.75, 3.05) is 32.0 Å². The number of urea groups is 2. The molecule has 0 radical (unpaired) electrons. The van der Waals surface area contributed by atoms with E-state index in [1.54, 1.807) is 9.80 Å². The first-order valence-corrected chi connectivity index (χ1v) is 12.5. The Morgan fingerprint density at radius 3 is 2.43 bits per heavy atom. The van der Waals surface area contributed by atoms with Crippen molar-refractivity contribution in [3.63, 3.8) is 0 Å². The van der Waals surface area contributed by atoms with Gasteiger partial charge in [0.1, 0.15) is 6.04 Å². The van der Waals surface area contributed by atoms with Gasteiger partial charge in [-0.2, -0.15) is 0 Å². The normalized spacial score (nSPS) is 23.4. The van der Waals surface area contributed by atoms with Crippen LogP contribution in [-0.4, -0.2) is 71.4 Å². The summed E-state index contributed by atoms with van der Waals surface area (Å²) in [5, 5.41) is 5.98. The second-order valence-corrected chi connectivity index (χ2v) is 9.84. The summed E-state index contributed by atoms with van der Waals surface area (Å²) in [4.78, 5) is 44.1. The van der Waals surface area contributed by atoms with E-state index >= 15 is 0 Å². The largest absolute Gasteiger partial charge is 0.343 e. The first-order valence-electron chi connectivity index (χ1n) is 12.5. The number of carbonyl (C=O) groups is 3. The smallest absolute Gasteiger partial charge is 0.322 e. The number of hydrogen-bond donors (Lipinski definition) is 2. The number of para-hydroxylation sites is 1. The fourth-order valence-corrected chi connectivity index (χ4v) is 5.54. The lowest BCUT2D eigenvalue weighted by Crippen LogP contribution is -2.55. The summed E-state index contributed by atoms with van der Waals surface area (Å²) in [6.45, 7) is 2.36. The van der Waals surface area contributed by atoms with Crippen LogP contribution in [0.15, 0.2) is 54.6 Å². The van der Waals surface area contributed by atoms with Crippen LogP contribution in [0.5, 0.6) is 0 Å². The lowest BCUT2D eigenvalue weighted by atomic mass is 9.94. The summed E-state index contributed by atoms with van der Waals surface area (Å²) < 4.78 is 0. The second-order valence-electron chi connectivity index (χ2n) is 9.84. The van der Waals surface area contributed by atoms with Crippen LogP contribution in [0, 0.1) is 0 Å². The first-order chi connectivity index (χ1) is 17.0. The van der Waals surface area contributed by atoms with E-state index in [-0.39, 0.29) is 29.9 Å². The molecule has 0 spiro atoms. The molecule has 3 aliphatic heterocycles. The van der Waals surface area contributed by atoms with Gasteiger partial charge in [-0.1, -0.05) is 48.5 Å². The predicted octanol–water partition coefficient (Wildman–Crippen LogP) is 3.61. The number of rotatable bonds is 3. The van der Waals surface area contributed by atoms with Crippen LogP contribution in [0.2, 0.25) is 0 Å². The maximum Gasteiger partial charge on any atom is 0.322 e. The number of hydrogen-bond acceptors (Lipinski definition) is 3. The molecule has 2 aromatic rings. The van der Waals surface area contributed by atoms with E-state index in [2.05, 4.69) is 22.8 Å². The monoisotopic (exact) mass is 475 g/mol. The van der Waals surface area contributed by atoms with Gasteiger partial charge < -0.3 is 25.3 Å². The molecule has 2 saturated heterocycles. The van der Waals surface area contributed by atoms with Crippen LogP contribution in [0.3, 0.4) is 0 Å². The standard InChI is InChI=1S/C27H33N5O3/c1-30-17-20(19-7-3-2-4-8-19)11-12-24(25(30)33)29-26(34)31-15-13-22(14-16-31)32-18-21-9-5-6-10-23(21)28-27(32)35/h2-10,20,22,24H,11-18H2,1H3,(H,28,35)(H,29,34)/t20-,24+/m0/s1. The first kappa shape index (κ1) is 23.2. The molecule has 0 saturated carbocycles. The molecule has 5 rings (SSSR count). The number of benzene rings is 2. The molecule has 3 heterocycles. The predicted molar refractivity (Wildman–Crippen MR) is 134 cm³/mol. The highest BCUT2D eigenvalue weighted by Gasteiger charge is 2.35. The maximum absolute atomic E-state index is 13.0. The van der Waals surface area contributed by atoms with Gasteiger partial charge in [0.2, 0.25) is 5.91 Å². The van der Waals surface area contributed by atoms with E-state index in [1.165, 1.54) is 5.56 Å². The molecule has 184 valence electrons. The summed E-state index contributed by atoms with van der Waals surface area (Å²) >= 11 is 0. The lowest BCUT2D eigenvalue weighted by Gasteiger charge is -2.40. The van der Waals surface area contributed by atoms with Crippen molar-refractivity contribution in [1.29, 1.82) is 0 Å². The van der Waals surface area contributed by atoms with Gasteiger partial charge in [0, 0.05) is 50.9 Å². The van der Waals surface area contributed by atoms with Crippen molar-refractivity contribution in [3.8, 4) is 0 Å². The van der Waals surface area contributed by atoms with E-state index in [0.717, 1.165) is 30.5 Å². The number of nitrogens with one attached hydrogen (secondary N) is 2. The number of amides is 5. The molecule has 5 amide bonds. The third-order valence-corrected chi connectivity index (χ3v) is 7.59. The SMILES string of the molecule is CN1C[C@@H](c2ccccc2)CC[C@@H](NC(=O)N2CCC(N3Cc4ccccc4NC3=O)CC2)C1=O. The van der Waals surface area contributed by atoms with Crippen molar-refractivity contribution in [2.45, 2.75) is 50.2 Å². The molecule has 2 fully saturated rings. The van der Waals surface area contributed by atoms with Gasteiger partial charge in [-0.3, -0.25) is 4.79 Å². The Balaban J connectivity index is 1.16. The fraction of sp³-hybridized carbons (Fsp3) is 0.444. The molecule has 8 nitrogen and oxygen atoms in total. The zero-order valence-corrected chi connectivity index (χ0v) is 20.2. The molecule has 3 aliphatic rings. The van der Waals surface area contributed by atoms with Crippen LogP contribution >= 0.6 is 0 Å². The highest BCUT2D eigenvalue weighted by molar-refractivity contribution is 5.92. The van der Waals surface area contributed by atoms with Crippen molar-refractivity contribution < 1.29 is 14.4 Å². The molecule has 2 atom stereocenters. The third kappa shape index (κ3) is 4.97. The average Bonchev–Trinajstić information content (AvgIpc) is 3.02. The van der Waals surface area contributed by atoms with Gasteiger partial charge in [0.05, 0.1) is 0 Å². The number of carbonyl (C=O) groups excluding carboxylic acids is 3. The van der Waals surface area contributed by atoms with E-state index < -0.39 is 6.04 Å². The van der Waals surface area contributed by atoms with Crippen LogP contribution < -0.4 is 10.6 Å². The van der Waals surface area contributed by atoms with Crippen LogP contribution in [0.4, 0.5) is 15.3 Å². The topological polar surface area (TPSA) is 85.0 Å². The molecule has 0 unspecified atom stereocenters. The van der Waals surface area contributed by atoms with E-state index in [0.29, 0.717) is 32.6 Å². The number of likely N-dealkylation sites (tertiary alicyclic amines) is 2. The van der Waals surface area contributed by atoms with Crippen LogP contribution in [0.25, 0.3) is 0 Å². The summed E-state index contributed by atoms with van der Waals surface area (Å²) in [6, 6.07) is 17.4. The summed E-state index contributed by atoms with van der Waals surface area (Å²) in [5.41, 5.74) is 3.21. The maximum atomic E-state index is 13.0. The van der Waals surface area contributed by atoms with Crippen molar-refractivity contribution in [3.05, 3.63) is 65.7 Å². The minimum absolute atomic E-state index is 0.0321. The van der Waals surface area contributed by atoms with Crippen molar-refractivity contribution in [1.82, 2.24) is 20.0 Å². The Morgan fingerprint density at radius 1 is 0.943 bits per heavy atom. The van der Waals surface area contributed by atoms with E-state index in [1.807, 2.05) is 54.4 Å². The Morgan fingerprint density at radius 2 is 1.66 bits per heavy atom. The zero-order valence-electron chi connectivity index (χ0n) is 20.2. The number of piperidine rings is 1. The number of fused-ring (bicyclic) bond motifs is 1. The summed E-state index contributed by atoms with van der Waals surface area (Å²) in [5.74, 6) is 0.235. The quantitative estimate of drug-likeness (QED) is 0.711. The highest BCUT2D eigenvalue weighted by Crippen LogP contribution is 2.29. The molecular formula is C27H33N5O3. The molecule has 0 aromatic heterocycles. The van der Waals surface area contributed by atoms with Crippen LogP contribution in [-0.2, 0) is 11.3 Å². The lowest BCUT2D eigenvalue weighted by molar-refractivity contribution is -0.131. The minimum atomic E-state index is -0.511. The number of nitrogens with zero attached hydrogens (tertiary/aromatic N) is 3. The molecule has 2 aromatic carbocycles. The van der Waals surface area contributed by atoms with Gasteiger partial charge in [-0.15, -0.1) is 0 Å². The van der Waals surface area contributed by atoms with E-state index in [4.69, 9.17) is 0 Å². The second kappa shape index (κ2) is 9.98. The molecule has 0 bridgehead atoms. The fourth-order valence-electron chi connectivity index (χ4n) is 5.54. The Bertz CT molecular complexity index is 1080. The van der Waals surface area contributed by atoms with Gasteiger partial charge in [-0.25, -0.2) is 9.59 Å². The van der Waals surface area contributed by atoms with Gasteiger partial charge >= 0.3 is 12.1 Å². The van der Waals surface area contributed by atoms with E-state index in [9.17, 15) is 14.4 Å². The average molecular weight is 476 g/mol. The highest BCUT2D eigenvalue weighted by atomic mass is 16.2. The Hall–Kier alpha value is -3.55. The van der Waals surface area contributed by atoms with Crippen LogP contribution in [0.1, 0.15) is 42.7 Å². The Kier molecular flexibility index (Phi) is 6.61. The van der Waals surface area contributed by atoms with Gasteiger partial charge in [0.15, 0.2) is 0 Å². The minimum Gasteiger partial charge on any atom is -0.343 e. The molecule has 0 aliphatic carbocycles. The summed E-state index contributed by atoms with van der Waals surface area (Å²) in [7, 11) is 1.82.